The van der Waals surface area contributed by atoms with E-state index in [1.165, 1.54) is 0 Å². The average molecular weight is 275 g/mol. The Kier molecular flexibility index (Phi) is 3.84. The summed E-state index contributed by atoms with van der Waals surface area (Å²) in [6.07, 6.45) is -2.40. The van der Waals surface area contributed by atoms with Gasteiger partial charge in [-0.05, 0) is 19.1 Å². The molecular formula is C12H16F3N3O. The zero-order valence-corrected chi connectivity index (χ0v) is 10.6. The van der Waals surface area contributed by atoms with Crippen LogP contribution in [0.3, 0.4) is 0 Å². The molecule has 0 spiro atoms. The van der Waals surface area contributed by atoms with Crippen molar-refractivity contribution >= 4 is 5.91 Å². The summed E-state index contributed by atoms with van der Waals surface area (Å²) in [5.74, 6) is -0.593. The van der Waals surface area contributed by atoms with Gasteiger partial charge in [-0.25, -0.2) is 0 Å². The van der Waals surface area contributed by atoms with E-state index >= 15 is 0 Å². The van der Waals surface area contributed by atoms with Gasteiger partial charge in [0, 0.05) is 31.0 Å². The van der Waals surface area contributed by atoms with Gasteiger partial charge in [-0.15, -0.1) is 0 Å². The Balaban J connectivity index is 1.89. The van der Waals surface area contributed by atoms with Gasteiger partial charge < -0.3 is 9.88 Å². The van der Waals surface area contributed by atoms with Gasteiger partial charge in [0.2, 0.25) is 5.91 Å². The van der Waals surface area contributed by atoms with Gasteiger partial charge in [-0.3, -0.25) is 9.69 Å². The van der Waals surface area contributed by atoms with Crippen LogP contribution in [0.1, 0.15) is 18.7 Å². The maximum absolute atomic E-state index is 12.0. The molecule has 0 saturated heterocycles. The fourth-order valence-electron chi connectivity index (χ4n) is 2.28. The number of amides is 1. The molecule has 1 aromatic heterocycles. The molecule has 0 bridgehead atoms. The number of carbonyl (C=O) groups excluding carboxylic acids is 1. The van der Waals surface area contributed by atoms with Gasteiger partial charge in [0.05, 0.1) is 6.54 Å². The minimum atomic E-state index is -4.36. The molecule has 0 aromatic carbocycles. The van der Waals surface area contributed by atoms with E-state index in [9.17, 15) is 18.0 Å². The van der Waals surface area contributed by atoms with E-state index in [0.717, 1.165) is 12.2 Å². The zero-order valence-electron chi connectivity index (χ0n) is 10.6. The van der Waals surface area contributed by atoms with Crippen LogP contribution in [0.2, 0.25) is 0 Å². The number of fused-ring (bicyclic) bond motifs is 1. The van der Waals surface area contributed by atoms with Crippen LogP contribution in [0, 0.1) is 0 Å². The molecule has 4 nitrogen and oxygen atoms in total. The summed E-state index contributed by atoms with van der Waals surface area (Å²) in [6, 6.07) is 3.92. The Morgan fingerprint density at radius 1 is 1.47 bits per heavy atom. The van der Waals surface area contributed by atoms with Crippen LogP contribution in [0.5, 0.6) is 0 Å². The number of alkyl halides is 3. The normalized spacial score (nSPS) is 20.1. The summed E-state index contributed by atoms with van der Waals surface area (Å²) in [7, 11) is 0. The summed E-state index contributed by atoms with van der Waals surface area (Å²) >= 11 is 0. The Bertz CT molecular complexity index is 455. The minimum absolute atomic E-state index is 0.0115. The Hall–Kier alpha value is -1.50. The molecule has 1 amide bonds. The van der Waals surface area contributed by atoms with Crippen molar-refractivity contribution < 1.29 is 18.0 Å². The smallest absolute Gasteiger partial charge is 0.349 e. The number of hydrogen-bond donors (Lipinski definition) is 1. The molecule has 7 heteroatoms. The lowest BCUT2D eigenvalue weighted by molar-refractivity contribution is -0.139. The third-order valence-electron chi connectivity index (χ3n) is 3.30. The van der Waals surface area contributed by atoms with Crippen molar-refractivity contribution in [2.75, 3.05) is 19.6 Å². The van der Waals surface area contributed by atoms with Gasteiger partial charge in [0.15, 0.2) is 0 Å². The molecule has 0 unspecified atom stereocenters. The van der Waals surface area contributed by atoms with E-state index in [4.69, 9.17) is 0 Å². The Morgan fingerprint density at radius 2 is 2.21 bits per heavy atom. The quantitative estimate of drug-likeness (QED) is 0.908. The standard InChI is InChI=1S/C12H16F3N3O/c1-9-10-3-2-4-17(10)5-6-18(9)7-11(19)16-8-12(13,14)15/h2-4,9H,5-8H2,1H3,(H,16,19)/t9-/m1/s1. The number of carbonyl (C=O) groups is 1. The second kappa shape index (κ2) is 5.24. The van der Waals surface area contributed by atoms with Crippen molar-refractivity contribution in [1.29, 1.82) is 0 Å². The van der Waals surface area contributed by atoms with Crippen molar-refractivity contribution in [2.24, 2.45) is 0 Å². The lowest BCUT2D eigenvalue weighted by Gasteiger charge is -2.34. The number of nitrogens with zero attached hydrogens (tertiary/aromatic N) is 2. The predicted octanol–water partition coefficient (Wildman–Crippen LogP) is 1.54. The van der Waals surface area contributed by atoms with Gasteiger partial charge in [0.25, 0.3) is 0 Å². The van der Waals surface area contributed by atoms with Crippen LogP contribution in [0.15, 0.2) is 18.3 Å². The lowest BCUT2D eigenvalue weighted by Crippen LogP contribution is -2.44. The van der Waals surface area contributed by atoms with Crippen LogP contribution in [0.25, 0.3) is 0 Å². The first-order chi connectivity index (χ1) is 8.87. The average Bonchev–Trinajstić information content (AvgIpc) is 2.78. The van der Waals surface area contributed by atoms with Crippen LogP contribution in [-0.2, 0) is 11.3 Å². The van der Waals surface area contributed by atoms with Crippen LogP contribution >= 0.6 is 0 Å². The summed E-state index contributed by atoms with van der Waals surface area (Å²) in [5, 5.41) is 1.90. The minimum Gasteiger partial charge on any atom is -0.349 e. The maximum Gasteiger partial charge on any atom is 0.405 e. The largest absolute Gasteiger partial charge is 0.405 e. The first-order valence-corrected chi connectivity index (χ1v) is 6.09. The number of hydrogen-bond acceptors (Lipinski definition) is 2. The highest BCUT2D eigenvalue weighted by atomic mass is 19.4. The van der Waals surface area contributed by atoms with E-state index in [0.29, 0.717) is 6.54 Å². The first kappa shape index (κ1) is 13.9. The molecule has 1 N–H and O–H groups in total. The molecule has 1 aliphatic rings. The van der Waals surface area contributed by atoms with E-state index in [1.807, 2.05) is 35.5 Å². The molecule has 1 atom stereocenters. The SMILES string of the molecule is C[C@@H]1c2cccn2CCN1CC(=O)NCC(F)(F)F. The van der Waals surface area contributed by atoms with E-state index in [-0.39, 0.29) is 12.6 Å². The van der Waals surface area contributed by atoms with Gasteiger partial charge >= 0.3 is 6.18 Å². The Morgan fingerprint density at radius 3 is 2.89 bits per heavy atom. The van der Waals surface area contributed by atoms with E-state index < -0.39 is 18.6 Å². The first-order valence-electron chi connectivity index (χ1n) is 6.09. The monoisotopic (exact) mass is 275 g/mol. The summed E-state index contributed by atoms with van der Waals surface area (Å²) in [4.78, 5) is 13.4. The van der Waals surface area contributed by atoms with Gasteiger partial charge in [-0.2, -0.15) is 13.2 Å². The molecule has 106 valence electrons. The van der Waals surface area contributed by atoms with Crippen LogP contribution in [-0.4, -0.2) is 41.2 Å². The number of nitrogens with one attached hydrogen (secondary N) is 1. The summed E-state index contributed by atoms with van der Waals surface area (Å²) < 4.78 is 38.1. The number of aromatic nitrogens is 1. The molecule has 2 rings (SSSR count). The molecular weight excluding hydrogens is 259 g/mol. The highest BCUT2D eigenvalue weighted by Gasteiger charge is 2.29. The van der Waals surface area contributed by atoms with Crippen molar-refractivity contribution in [2.45, 2.75) is 25.7 Å². The fourth-order valence-corrected chi connectivity index (χ4v) is 2.28. The maximum atomic E-state index is 12.0. The topological polar surface area (TPSA) is 37.3 Å². The molecule has 0 radical (unpaired) electrons. The lowest BCUT2D eigenvalue weighted by atomic mass is 10.1. The van der Waals surface area contributed by atoms with Gasteiger partial charge in [-0.1, -0.05) is 0 Å². The van der Waals surface area contributed by atoms with Crippen LogP contribution in [0.4, 0.5) is 13.2 Å². The Labute approximate surface area is 109 Å². The second-order valence-corrected chi connectivity index (χ2v) is 4.66. The van der Waals surface area contributed by atoms with Gasteiger partial charge in [0.1, 0.15) is 6.54 Å². The number of halogens is 3. The van der Waals surface area contributed by atoms with Crippen LogP contribution < -0.4 is 5.32 Å². The molecule has 1 aromatic rings. The highest BCUT2D eigenvalue weighted by molar-refractivity contribution is 5.78. The molecule has 0 aliphatic carbocycles. The second-order valence-electron chi connectivity index (χ2n) is 4.66. The zero-order chi connectivity index (χ0) is 14.0. The van der Waals surface area contributed by atoms with E-state index in [2.05, 4.69) is 4.57 Å². The molecule has 1 aliphatic heterocycles. The molecule has 2 heterocycles. The van der Waals surface area contributed by atoms with Crippen molar-refractivity contribution in [3.63, 3.8) is 0 Å². The molecule has 19 heavy (non-hydrogen) atoms. The molecule has 0 fully saturated rings. The third kappa shape index (κ3) is 3.50. The third-order valence-corrected chi connectivity index (χ3v) is 3.30. The highest BCUT2D eigenvalue weighted by Crippen LogP contribution is 2.24. The molecule has 0 saturated carbocycles. The van der Waals surface area contributed by atoms with Crippen molar-refractivity contribution in [1.82, 2.24) is 14.8 Å². The fraction of sp³-hybridized carbons (Fsp3) is 0.583. The van der Waals surface area contributed by atoms with E-state index in [1.54, 1.807) is 0 Å². The van der Waals surface area contributed by atoms with Crippen molar-refractivity contribution in [3.05, 3.63) is 24.0 Å². The predicted molar refractivity (Wildman–Crippen MR) is 63.5 cm³/mol. The summed E-state index contributed by atoms with van der Waals surface area (Å²) in [5.41, 5.74) is 1.08. The number of rotatable bonds is 3. The van der Waals surface area contributed by atoms with Crippen molar-refractivity contribution in [3.8, 4) is 0 Å². The summed E-state index contributed by atoms with van der Waals surface area (Å²) in [6.45, 7) is 2.07.